The van der Waals surface area contributed by atoms with E-state index >= 15 is 0 Å². The van der Waals surface area contributed by atoms with Crippen LogP contribution >= 0.6 is 0 Å². The molecule has 1 fully saturated rings. The Kier molecular flexibility index (Phi) is 3.40. The van der Waals surface area contributed by atoms with Crippen LogP contribution in [0, 0.1) is 20.2 Å². The highest BCUT2D eigenvalue weighted by atomic mass is 16.6. The summed E-state index contributed by atoms with van der Waals surface area (Å²) < 4.78 is 0. The van der Waals surface area contributed by atoms with Gasteiger partial charge >= 0.3 is 0 Å². The summed E-state index contributed by atoms with van der Waals surface area (Å²) in [6, 6.07) is 3.92. The fourth-order valence-electron chi connectivity index (χ4n) is 2.20. The summed E-state index contributed by atoms with van der Waals surface area (Å²) in [5.41, 5.74) is -0.146. The van der Waals surface area contributed by atoms with Crippen molar-refractivity contribution in [1.82, 2.24) is 0 Å². The van der Waals surface area contributed by atoms with Crippen molar-refractivity contribution in [3.8, 4) is 0 Å². The van der Waals surface area contributed by atoms with E-state index in [1.165, 1.54) is 12.1 Å². The molecule has 1 aliphatic carbocycles. The summed E-state index contributed by atoms with van der Waals surface area (Å²) in [4.78, 5) is 20.3. The van der Waals surface area contributed by atoms with Crippen LogP contribution in [0.2, 0.25) is 0 Å². The lowest BCUT2D eigenvalue weighted by Gasteiger charge is -2.13. The molecule has 7 heteroatoms. The smallest absolute Gasteiger partial charge is 0.299 e. The highest BCUT2D eigenvalue weighted by Gasteiger charge is 2.22. The van der Waals surface area contributed by atoms with Crippen LogP contribution in [0.25, 0.3) is 0 Å². The molecule has 0 aromatic heterocycles. The molecule has 18 heavy (non-hydrogen) atoms. The Morgan fingerprint density at radius 2 is 1.78 bits per heavy atom. The van der Waals surface area contributed by atoms with Crippen molar-refractivity contribution in [2.75, 3.05) is 5.32 Å². The molecule has 7 nitrogen and oxygen atoms in total. The predicted molar refractivity (Wildman–Crippen MR) is 65.6 cm³/mol. The maximum absolute atomic E-state index is 10.9. The van der Waals surface area contributed by atoms with Crippen molar-refractivity contribution in [3.63, 3.8) is 0 Å². The number of hydrogen-bond acceptors (Lipinski definition) is 5. The minimum absolute atomic E-state index is 0.227. The molecule has 0 atom stereocenters. The fourth-order valence-corrected chi connectivity index (χ4v) is 2.20. The van der Waals surface area contributed by atoms with Crippen LogP contribution < -0.4 is 5.32 Å². The zero-order chi connectivity index (χ0) is 13.1. The van der Waals surface area contributed by atoms with E-state index in [0.29, 0.717) is 5.69 Å². The van der Waals surface area contributed by atoms with Gasteiger partial charge in [-0.2, -0.15) is 0 Å². The number of nitrogens with one attached hydrogen (secondary N) is 1. The van der Waals surface area contributed by atoms with Gasteiger partial charge in [0.25, 0.3) is 11.4 Å². The lowest BCUT2D eigenvalue weighted by atomic mass is 10.2. The minimum Gasteiger partial charge on any atom is -0.377 e. The molecule has 1 aromatic rings. The number of anilines is 1. The van der Waals surface area contributed by atoms with Gasteiger partial charge in [0, 0.05) is 12.1 Å². The third-order valence-corrected chi connectivity index (χ3v) is 3.10. The first-order chi connectivity index (χ1) is 8.58. The zero-order valence-electron chi connectivity index (χ0n) is 9.67. The Balaban J connectivity index is 2.28. The fraction of sp³-hybridized carbons (Fsp3) is 0.455. The van der Waals surface area contributed by atoms with Crippen molar-refractivity contribution in [2.24, 2.45) is 0 Å². The van der Waals surface area contributed by atoms with Gasteiger partial charge in [-0.05, 0) is 18.9 Å². The first-order valence-corrected chi connectivity index (χ1v) is 5.77. The third kappa shape index (κ3) is 2.55. The number of nitro groups is 2. The monoisotopic (exact) mass is 251 g/mol. The number of nitrogens with zero attached hydrogens (tertiary/aromatic N) is 2. The molecule has 96 valence electrons. The van der Waals surface area contributed by atoms with Gasteiger partial charge in [-0.3, -0.25) is 20.2 Å². The van der Waals surface area contributed by atoms with E-state index in [9.17, 15) is 20.2 Å². The van der Waals surface area contributed by atoms with Crippen molar-refractivity contribution >= 4 is 17.1 Å². The van der Waals surface area contributed by atoms with Crippen LogP contribution in [-0.2, 0) is 0 Å². The van der Waals surface area contributed by atoms with Gasteiger partial charge in [0.05, 0.1) is 15.9 Å². The second-order valence-corrected chi connectivity index (χ2v) is 4.34. The Labute approximate surface area is 103 Å². The Hall–Kier alpha value is -2.18. The molecular weight excluding hydrogens is 238 g/mol. The number of non-ortho nitro benzene ring substituents is 1. The Bertz CT molecular complexity index is 483. The highest BCUT2D eigenvalue weighted by molar-refractivity contribution is 5.65. The molecule has 0 aliphatic heterocycles. The van der Waals surface area contributed by atoms with E-state index in [2.05, 4.69) is 5.32 Å². The quantitative estimate of drug-likeness (QED) is 0.655. The second kappa shape index (κ2) is 4.99. The SMILES string of the molecule is O=[N+]([O-])c1ccc(NC2CCCC2)c([N+](=O)[O-])c1. The lowest BCUT2D eigenvalue weighted by Crippen LogP contribution is -2.15. The second-order valence-electron chi connectivity index (χ2n) is 4.34. The number of nitro benzene ring substituents is 2. The molecular formula is C11H13N3O4. The van der Waals surface area contributed by atoms with Crippen LogP contribution in [0.1, 0.15) is 25.7 Å². The lowest BCUT2D eigenvalue weighted by molar-refractivity contribution is -0.393. The molecule has 0 saturated heterocycles. The third-order valence-electron chi connectivity index (χ3n) is 3.10. The molecule has 2 rings (SSSR count). The van der Waals surface area contributed by atoms with E-state index in [0.717, 1.165) is 31.7 Å². The van der Waals surface area contributed by atoms with Crippen LogP contribution in [0.3, 0.4) is 0 Å². The largest absolute Gasteiger partial charge is 0.377 e. The van der Waals surface area contributed by atoms with Gasteiger partial charge in [-0.25, -0.2) is 0 Å². The van der Waals surface area contributed by atoms with Crippen molar-refractivity contribution in [1.29, 1.82) is 0 Å². The van der Waals surface area contributed by atoms with Crippen LogP contribution in [0.15, 0.2) is 18.2 Å². The van der Waals surface area contributed by atoms with E-state index in [4.69, 9.17) is 0 Å². The summed E-state index contributed by atoms with van der Waals surface area (Å²) in [6.45, 7) is 0. The number of rotatable bonds is 4. The van der Waals surface area contributed by atoms with Crippen LogP contribution in [0.4, 0.5) is 17.1 Å². The van der Waals surface area contributed by atoms with Gasteiger partial charge < -0.3 is 5.32 Å². The average Bonchev–Trinajstić information content (AvgIpc) is 2.81. The van der Waals surface area contributed by atoms with E-state index < -0.39 is 9.85 Å². The molecule has 0 spiro atoms. The van der Waals surface area contributed by atoms with Crippen LogP contribution in [0.5, 0.6) is 0 Å². The molecule has 0 heterocycles. The predicted octanol–water partition coefficient (Wildman–Crippen LogP) is 2.86. The maximum Gasteiger partial charge on any atom is 0.299 e. The maximum atomic E-state index is 10.9. The van der Waals surface area contributed by atoms with Gasteiger partial charge in [0.1, 0.15) is 5.69 Å². The Morgan fingerprint density at radius 1 is 1.11 bits per heavy atom. The number of benzene rings is 1. The first kappa shape index (κ1) is 12.3. The van der Waals surface area contributed by atoms with Gasteiger partial charge in [0.15, 0.2) is 0 Å². The Morgan fingerprint density at radius 3 is 2.33 bits per heavy atom. The van der Waals surface area contributed by atoms with E-state index in [1.54, 1.807) is 0 Å². The molecule has 0 amide bonds. The van der Waals surface area contributed by atoms with E-state index in [1.807, 2.05) is 0 Å². The number of hydrogen-bond donors (Lipinski definition) is 1. The summed E-state index contributed by atoms with van der Waals surface area (Å²) >= 11 is 0. The van der Waals surface area contributed by atoms with Gasteiger partial charge in [-0.15, -0.1) is 0 Å². The standard InChI is InChI=1S/C11H13N3O4/c15-13(16)9-5-6-10(11(7-9)14(17)18)12-8-3-1-2-4-8/h5-8,12H,1-4H2. The minimum atomic E-state index is -0.633. The van der Waals surface area contributed by atoms with Crippen molar-refractivity contribution < 1.29 is 9.85 Å². The van der Waals surface area contributed by atoms with E-state index in [-0.39, 0.29) is 17.4 Å². The van der Waals surface area contributed by atoms with Gasteiger partial charge in [-0.1, -0.05) is 12.8 Å². The van der Waals surface area contributed by atoms with Crippen molar-refractivity contribution in [3.05, 3.63) is 38.4 Å². The molecule has 1 saturated carbocycles. The van der Waals surface area contributed by atoms with Gasteiger partial charge in [0.2, 0.25) is 0 Å². The van der Waals surface area contributed by atoms with Crippen molar-refractivity contribution in [2.45, 2.75) is 31.7 Å². The normalized spacial score (nSPS) is 15.6. The molecule has 1 aromatic carbocycles. The topological polar surface area (TPSA) is 98.3 Å². The molecule has 0 radical (unpaired) electrons. The average molecular weight is 251 g/mol. The summed E-state index contributed by atoms with van der Waals surface area (Å²) in [5.74, 6) is 0. The molecule has 0 bridgehead atoms. The highest BCUT2D eigenvalue weighted by Crippen LogP contribution is 2.31. The molecule has 1 aliphatic rings. The first-order valence-electron chi connectivity index (χ1n) is 5.77. The summed E-state index contributed by atoms with van der Waals surface area (Å²) in [6.07, 6.45) is 4.18. The van der Waals surface area contributed by atoms with Crippen LogP contribution in [-0.4, -0.2) is 15.9 Å². The molecule has 1 N–H and O–H groups in total. The zero-order valence-corrected chi connectivity index (χ0v) is 9.67. The molecule has 0 unspecified atom stereocenters. The summed E-state index contributed by atoms with van der Waals surface area (Å²) in [7, 11) is 0. The summed E-state index contributed by atoms with van der Waals surface area (Å²) in [5, 5.41) is 24.6.